The van der Waals surface area contributed by atoms with Crippen LogP contribution in [0, 0.1) is 5.92 Å². The number of hydrogen-bond donors (Lipinski definition) is 1. The molecule has 0 saturated heterocycles. The Balaban J connectivity index is 1.48. The van der Waals surface area contributed by atoms with E-state index in [1.165, 1.54) is 24.0 Å². The van der Waals surface area contributed by atoms with Crippen molar-refractivity contribution in [1.29, 1.82) is 0 Å². The second-order valence-corrected chi connectivity index (χ2v) is 5.90. The third-order valence-electron chi connectivity index (χ3n) is 3.59. The summed E-state index contributed by atoms with van der Waals surface area (Å²) in [6.07, 6.45) is 7.10. The highest BCUT2D eigenvalue weighted by atomic mass is 79.9. The third kappa shape index (κ3) is 3.13. The number of hydrogen-bond acceptors (Lipinski definition) is 3. The minimum atomic E-state index is 0.707. The van der Waals surface area contributed by atoms with Crippen molar-refractivity contribution in [3.05, 3.63) is 52.3 Å². The Kier molecular flexibility index (Phi) is 3.78. The Bertz CT molecular complexity index is 529. The summed E-state index contributed by atoms with van der Waals surface area (Å²) in [6.45, 7) is 0.931. The number of benzene rings is 1. The zero-order valence-corrected chi connectivity index (χ0v) is 12.2. The quantitative estimate of drug-likeness (QED) is 0.938. The Labute approximate surface area is 121 Å². The van der Waals surface area contributed by atoms with Crippen molar-refractivity contribution in [3.8, 4) is 0 Å². The van der Waals surface area contributed by atoms with Gasteiger partial charge in [-0.25, -0.2) is 9.97 Å². The summed E-state index contributed by atoms with van der Waals surface area (Å²) < 4.78 is 0.907. The summed E-state index contributed by atoms with van der Waals surface area (Å²) in [5, 5.41) is 3.28. The summed E-state index contributed by atoms with van der Waals surface area (Å²) in [7, 11) is 0. The molecule has 0 amide bonds. The van der Waals surface area contributed by atoms with E-state index in [9.17, 15) is 0 Å². The maximum atomic E-state index is 4.21. The average molecular weight is 318 g/mol. The molecule has 0 fully saturated rings. The molecule has 0 unspecified atom stereocenters. The standard InChI is InChI=1S/C15H16BrN3/c16-14-9-18-15(19-10-14)17-6-5-11-7-12-3-1-2-4-13(12)8-11/h1-4,9-11H,5-8H2,(H,17,18,19). The molecule has 19 heavy (non-hydrogen) atoms. The lowest BCUT2D eigenvalue weighted by molar-refractivity contribution is 0.529. The molecule has 3 nitrogen and oxygen atoms in total. The van der Waals surface area contributed by atoms with E-state index in [1.54, 1.807) is 12.4 Å². The van der Waals surface area contributed by atoms with Gasteiger partial charge in [0.15, 0.2) is 0 Å². The van der Waals surface area contributed by atoms with Crippen LogP contribution in [0.4, 0.5) is 5.95 Å². The molecule has 0 aliphatic heterocycles. The van der Waals surface area contributed by atoms with E-state index in [0.29, 0.717) is 5.95 Å². The molecule has 0 radical (unpaired) electrons. The monoisotopic (exact) mass is 317 g/mol. The van der Waals surface area contributed by atoms with Gasteiger partial charge in [-0.05, 0) is 52.2 Å². The van der Waals surface area contributed by atoms with Crippen LogP contribution in [0.2, 0.25) is 0 Å². The van der Waals surface area contributed by atoms with Gasteiger partial charge < -0.3 is 5.32 Å². The SMILES string of the molecule is Brc1cnc(NCCC2Cc3ccccc3C2)nc1. The number of halogens is 1. The Morgan fingerprint density at radius 1 is 1.11 bits per heavy atom. The van der Waals surface area contributed by atoms with Crippen LogP contribution in [0.1, 0.15) is 17.5 Å². The summed E-state index contributed by atoms with van der Waals surface area (Å²) in [5.74, 6) is 1.46. The molecule has 1 aromatic heterocycles. The fourth-order valence-electron chi connectivity index (χ4n) is 2.65. The minimum Gasteiger partial charge on any atom is -0.354 e. The summed E-state index contributed by atoms with van der Waals surface area (Å²) in [6, 6.07) is 8.77. The smallest absolute Gasteiger partial charge is 0.222 e. The van der Waals surface area contributed by atoms with Gasteiger partial charge in [-0.1, -0.05) is 24.3 Å². The lowest BCUT2D eigenvalue weighted by Crippen LogP contribution is -2.10. The van der Waals surface area contributed by atoms with Crippen LogP contribution in [0.5, 0.6) is 0 Å². The van der Waals surface area contributed by atoms with Gasteiger partial charge in [0.05, 0.1) is 4.47 Å². The van der Waals surface area contributed by atoms with E-state index in [1.807, 2.05) is 0 Å². The van der Waals surface area contributed by atoms with Crippen LogP contribution in [-0.2, 0) is 12.8 Å². The molecule has 0 saturated carbocycles. The van der Waals surface area contributed by atoms with E-state index >= 15 is 0 Å². The van der Waals surface area contributed by atoms with Crippen molar-refractivity contribution in [2.24, 2.45) is 5.92 Å². The summed E-state index contributed by atoms with van der Waals surface area (Å²) in [5.41, 5.74) is 3.04. The zero-order chi connectivity index (χ0) is 13.1. The number of aromatic nitrogens is 2. The average Bonchev–Trinajstić information content (AvgIpc) is 2.83. The number of rotatable bonds is 4. The number of fused-ring (bicyclic) bond motifs is 1. The Morgan fingerprint density at radius 3 is 2.37 bits per heavy atom. The summed E-state index contributed by atoms with van der Waals surface area (Å²) >= 11 is 3.33. The van der Waals surface area contributed by atoms with Gasteiger partial charge in [-0.2, -0.15) is 0 Å². The van der Waals surface area contributed by atoms with Crippen LogP contribution in [0.15, 0.2) is 41.1 Å². The Morgan fingerprint density at radius 2 is 1.74 bits per heavy atom. The molecule has 4 heteroatoms. The first-order valence-electron chi connectivity index (χ1n) is 6.59. The van der Waals surface area contributed by atoms with Crippen LogP contribution in [-0.4, -0.2) is 16.5 Å². The van der Waals surface area contributed by atoms with E-state index in [4.69, 9.17) is 0 Å². The van der Waals surface area contributed by atoms with Gasteiger partial charge in [0.1, 0.15) is 0 Å². The number of nitrogens with zero attached hydrogens (tertiary/aromatic N) is 2. The molecule has 3 rings (SSSR count). The molecular formula is C15H16BrN3. The fraction of sp³-hybridized carbons (Fsp3) is 0.333. The molecule has 2 aromatic rings. The van der Waals surface area contributed by atoms with Gasteiger partial charge in [0, 0.05) is 18.9 Å². The Hall–Kier alpha value is -1.42. The first-order chi connectivity index (χ1) is 9.31. The van der Waals surface area contributed by atoms with E-state index in [-0.39, 0.29) is 0 Å². The molecule has 0 bridgehead atoms. The van der Waals surface area contributed by atoms with Crippen LogP contribution in [0.25, 0.3) is 0 Å². The molecule has 0 spiro atoms. The van der Waals surface area contributed by atoms with Crippen LogP contribution in [0.3, 0.4) is 0 Å². The van der Waals surface area contributed by atoms with Gasteiger partial charge in [0.2, 0.25) is 5.95 Å². The van der Waals surface area contributed by atoms with Crippen molar-refractivity contribution in [2.45, 2.75) is 19.3 Å². The van der Waals surface area contributed by atoms with E-state index in [0.717, 1.165) is 23.4 Å². The van der Waals surface area contributed by atoms with Crippen molar-refractivity contribution in [1.82, 2.24) is 9.97 Å². The molecule has 1 aliphatic rings. The second-order valence-electron chi connectivity index (χ2n) is 4.98. The van der Waals surface area contributed by atoms with Gasteiger partial charge in [-0.3, -0.25) is 0 Å². The molecule has 1 heterocycles. The molecular weight excluding hydrogens is 302 g/mol. The van der Waals surface area contributed by atoms with E-state index in [2.05, 4.69) is 55.5 Å². The topological polar surface area (TPSA) is 37.8 Å². The summed E-state index contributed by atoms with van der Waals surface area (Å²) in [4.78, 5) is 8.43. The highest BCUT2D eigenvalue weighted by molar-refractivity contribution is 9.10. The van der Waals surface area contributed by atoms with Crippen LogP contribution < -0.4 is 5.32 Å². The van der Waals surface area contributed by atoms with Gasteiger partial charge in [0.25, 0.3) is 0 Å². The van der Waals surface area contributed by atoms with E-state index < -0.39 is 0 Å². The predicted octanol–water partition coefficient (Wildman–Crippen LogP) is 3.46. The maximum Gasteiger partial charge on any atom is 0.222 e. The first-order valence-corrected chi connectivity index (χ1v) is 7.39. The highest BCUT2D eigenvalue weighted by Gasteiger charge is 2.20. The predicted molar refractivity (Wildman–Crippen MR) is 80.2 cm³/mol. The molecule has 1 aliphatic carbocycles. The fourth-order valence-corrected chi connectivity index (χ4v) is 2.85. The second kappa shape index (κ2) is 5.70. The van der Waals surface area contributed by atoms with Crippen molar-refractivity contribution >= 4 is 21.9 Å². The lowest BCUT2D eigenvalue weighted by Gasteiger charge is -2.09. The number of nitrogens with one attached hydrogen (secondary N) is 1. The maximum absolute atomic E-state index is 4.21. The lowest BCUT2D eigenvalue weighted by atomic mass is 10.0. The van der Waals surface area contributed by atoms with Gasteiger partial charge >= 0.3 is 0 Å². The molecule has 1 N–H and O–H groups in total. The zero-order valence-electron chi connectivity index (χ0n) is 10.6. The van der Waals surface area contributed by atoms with Crippen molar-refractivity contribution in [2.75, 3.05) is 11.9 Å². The van der Waals surface area contributed by atoms with Crippen LogP contribution >= 0.6 is 15.9 Å². The number of anilines is 1. The minimum absolute atomic E-state index is 0.707. The molecule has 98 valence electrons. The van der Waals surface area contributed by atoms with Crippen molar-refractivity contribution < 1.29 is 0 Å². The normalized spacial score (nSPS) is 14.4. The largest absolute Gasteiger partial charge is 0.354 e. The highest BCUT2D eigenvalue weighted by Crippen LogP contribution is 2.28. The first kappa shape index (κ1) is 12.6. The molecule has 1 aromatic carbocycles. The molecule has 0 atom stereocenters. The van der Waals surface area contributed by atoms with Crippen molar-refractivity contribution in [3.63, 3.8) is 0 Å². The third-order valence-corrected chi connectivity index (χ3v) is 4.00. The van der Waals surface area contributed by atoms with Gasteiger partial charge in [-0.15, -0.1) is 0 Å².